The van der Waals surface area contributed by atoms with Crippen molar-refractivity contribution in [2.24, 2.45) is 46.3 Å². The summed E-state index contributed by atoms with van der Waals surface area (Å²) in [5.41, 5.74) is -0.0343. The fourth-order valence-electron chi connectivity index (χ4n) is 9.90. The van der Waals surface area contributed by atoms with Crippen molar-refractivity contribution in [2.45, 2.75) is 103 Å². The molecule has 0 radical (unpaired) electrons. The standard InChI is InChI=1S/C32H45F3O4/c1-18(6-5-7-25(36)20-9-8-19(33)16-27(20)39-4)21-10-11-22-28-23(12-14-30(21,22)2)31(3)15-13-26(37)29(38)24(31)17-32(28,34)35/h8-9,16,18,21-26,28,36-37H,5-7,10-15,17H2,1-4H3/t18-,21-,22+,23+,24+,25?,26+,28+,30-,31-/m1/s1. The molecule has 10 atom stereocenters. The van der Waals surface area contributed by atoms with E-state index in [1.54, 1.807) is 6.07 Å². The number of alkyl halides is 2. The highest BCUT2D eigenvalue weighted by atomic mass is 19.3. The highest BCUT2D eigenvalue weighted by Gasteiger charge is 2.69. The maximum absolute atomic E-state index is 16.0. The average Bonchev–Trinajstić information content (AvgIpc) is 3.24. The smallest absolute Gasteiger partial charge is 0.252 e. The van der Waals surface area contributed by atoms with Crippen molar-refractivity contribution in [3.05, 3.63) is 29.6 Å². The molecule has 7 heteroatoms. The van der Waals surface area contributed by atoms with Gasteiger partial charge in [0.15, 0.2) is 5.78 Å². The van der Waals surface area contributed by atoms with Gasteiger partial charge in [-0.1, -0.05) is 33.6 Å². The summed E-state index contributed by atoms with van der Waals surface area (Å²) >= 11 is 0. The SMILES string of the molecule is COc1cc(F)ccc1C(O)CCC[C@@H](C)[C@H]1CC[C@H]2[C@H]3[C@H](CC[C@]12C)[C@@]1(C)CC[C@H](O)C(=O)[C@@H]1CC3(F)F. The number of ether oxygens (including phenoxy) is 1. The minimum atomic E-state index is -2.90. The van der Waals surface area contributed by atoms with Crippen molar-refractivity contribution >= 4 is 5.78 Å². The van der Waals surface area contributed by atoms with Gasteiger partial charge in [-0.2, -0.15) is 0 Å². The number of carbonyl (C=O) groups is 1. The zero-order chi connectivity index (χ0) is 28.3. The fraction of sp³-hybridized carbons (Fsp3) is 0.781. The summed E-state index contributed by atoms with van der Waals surface area (Å²) in [6.45, 7) is 6.51. The molecule has 4 aliphatic rings. The van der Waals surface area contributed by atoms with Crippen LogP contribution in [-0.2, 0) is 4.79 Å². The van der Waals surface area contributed by atoms with E-state index in [0.717, 1.165) is 38.5 Å². The molecule has 0 aliphatic heterocycles. The van der Waals surface area contributed by atoms with Gasteiger partial charge in [0.2, 0.25) is 0 Å². The zero-order valence-corrected chi connectivity index (χ0v) is 23.8. The van der Waals surface area contributed by atoms with E-state index in [1.165, 1.54) is 19.2 Å². The summed E-state index contributed by atoms with van der Waals surface area (Å²) in [7, 11) is 1.46. The summed E-state index contributed by atoms with van der Waals surface area (Å²) in [4.78, 5) is 12.8. The van der Waals surface area contributed by atoms with Gasteiger partial charge in [0.25, 0.3) is 5.92 Å². The number of fused-ring (bicyclic) bond motifs is 5. The van der Waals surface area contributed by atoms with Crippen LogP contribution in [0.5, 0.6) is 5.75 Å². The number of carbonyl (C=O) groups excluding carboxylic acids is 1. The number of aliphatic hydroxyl groups excluding tert-OH is 2. The number of methoxy groups -OCH3 is 1. The van der Waals surface area contributed by atoms with Crippen LogP contribution >= 0.6 is 0 Å². The van der Waals surface area contributed by atoms with Crippen LogP contribution in [0.4, 0.5) is 13.2 Å². The van der Waals surface area contributed by atoms with Crippen molar-refractivity contribution < 1.29 is 32.9 Å². The largest absolute Gasteiger partial charge is 0.496 e. The molecular formula is C32H45F3O4. The second kappa shape index (κ2) is 10.3. The van der Waals surface area contributed by atoms with E-state index in [9.17, 15) is 19.4 Å². The minimum absolute atomic E-state index is 0.0625. The summed E-state index contributed by atoms with van der Waals surface area (Å²) in [5, 5.41) is 20.9. The number of halogens is 3. The highest BCUT2D eigenvalue weighted by Crippen LogP contribution is 2.70. The molecule has 0 amide bonds. The van der Waals surface area contributed by atoms with Crippen LogP contribution < -0.4 is 4.74 Å². The third kappa shape index (κ3) is 4.73. The molecule has 5 rings (SSSR count). The second-order valence-corrected chi connectivity index (χ2v) is 13.8. The van der Waals surface area contributed by atoms with Crippen molar-refractivity contribution in [1.29, 1.82) is 0 Å². The Balaban J connectivity index is 1.27. The van der Waals surface area contributed by atoms with Crippen molar-refractivity contribution in [1.82, 2.24) is 0 Å². The Labute approximate surface area is 230 Å². The molecule has 4 nitrogen and oxygen atoms in total. The van der Waals surface area contributed by atoms with E-state index in [0.29, 0.717) is 42.4 Å². The predicted octanol–water partition coefficient (Wildman–Crippen LogP) is 7.12. The second-order valence-electron chi connectivity index (χ2n) is 13.8. The molecule has 0 aromatic heterocycles. The lowest BCUT2D eigenvalue weighted by molar-refractivity contribution is -0.233. The Morgan fingerprint density at radius 2 is 1.74 bits per heavy atom. The third-order valence-corrected chi connectivity index (χ3v) is 12.0. The van der Waals surface area contributed by atoms with Crippen molar-refractivity contribution in [3.8, 4) is 5.75 Å². The molecule has 39 heavy (non-hydrogen) atoms. The number of benzene rings is 1. The third-order valence-electron chi connectivity index (χ3n) is 12.0. The molecule has 4 fully saturated rings. The number of ketones is 1. The molecule has 2 N–H and O–H groups in total. The van der Waals surface area contributed by atoms with Gasteiger partial charge in [-0.15, -0.1) is 0 Å². The highest BCUT2D eigenvalue weighted by molar-refractivity contribution is 5.87. The molecule has 0 saturated heterocycles. The first-order valence-corrected chi connectivity index (χ1v) is 14.9. The monoisotopic (exact) mass is 550 g/mol. The van der Waals surface area contributed by atoms with E-state index in [4.69, 9.17) is 4.74 Å². The maximum Gasteiger partial charge on any atom is 0.252 e. The Morgan fingerprint density at radius 1 is 1.05 bits per heavy atom. The predicted molar refractivity (Wildman–Crippen MR) is 143 cm³/mol. The molecule has 4 saturated carbocycles. The van der Waals surface area contributed by atoms with Crippen LogP contribution in [0.1, 0.15) is 96.6 Å². The van der Waals surface area contributed by atoms with E-state index in [-0.39, 0.29) is 23.0 Å². The summed E-state index contributed by atoms with van der Waals surface area (Å²) in [6, 6.07) is 4.18. The first-order chi connectivity index (χ1) is 18.3. The summed E-state index contributed by atoms with van der Waals surface area (Å²) < 4.78 is 50.7. The first-order valence-electron chi connectivity index (χ1n) is 14.9. The Hall–Kier alpha value is -1.60. The molecule has 1 aromatic carbocycles. The quantitative estimate of drug-likeness (QED) is 0.379. The number of rotatable bonds is 7. The normalized spacial score (nSPS) is 40.8. The van der Waals surface area contributed by atoms with E-state index < -0.39 is 47.6 Å². The van der Waals surface area contributed by atoms with Gasteiger partial charge in [-0.05, 0) is 91.6 Å². The van der Waals surface area contributed by atoms with Crippen molar-refractivity contribution in [3.63, 3.8) is 0 Å². The van der Waals surface area contributed by atoms with Gasteiger partial charge in [-0.25, -0.2) is 13.2 Å². The molecule has 0 heterocycles. The minimum Gasteiger partial charge on any atom is -0.496 e. The van der Waals surface area contributed by atoms with Crippen LogP contribution in [0.15, 0.2) is 18.2 Å². The van der Waals surface area contributed by atoms with Crippen LogP contribution in [0.3, 0.4) is 0 Å². The topological polar surface area (TPSA) is 66.8 Å². The van der Waals surface area contributed by atoms with Crippen LogP contribution in [0.2, 0.25) is 0 Å². The zero-order valence-electron chi connectivity index (χ0n) is 23.8. The van der Waals surface area contributed by atoms with Gasteiger partial charge in [0.05, 0.1) is 13.2 Å². The Morgan fingerprint density at radius 3 is 2.46 bits per heavy atom. The molecule has 1 aromatic rings. The molecule has 0 spiro atoms. The lowest BCUT2D eigenvalue weighted by atomic mass is 9.43. The van der Waals surface area contributed by atoms with Crippen LogP contribution in [0, 0.1) is 52.2 Å². The van der Waals surface area contributed by atoms with Crippen LogP contribution in [0.25, 0.3) is 0 Å². The van der Waals surface area contributed by atoms with Gasteiger partial charge < -0.3 is 14.9 Å². The molecule has 1 unspecified atom stereocenters. The van der Waals surface area contributed by atoms with E-state index in [1.807, 2.05) is 6.92 Å². The molecule has 0 bridgehead atoms. The van der Waals surface area contributed by atoms with Crippen LogP contribution in [-0.4, -0.2) is 35.1 Å². The summed E-state index contributed by atoms with van der Waals surface area (Å²) in [5.74, 6) is -4.34. The van der Waals surface area contributed by atoms with E-state index in [2.05, 4.69) is 13.8 Å². The van der Waals surface area contributed by atoms with Gasteiger partial charge in [-0.3, -0.25) is 4.79 Å². The Kier molecular flexibility index (Phi) is 7.67. The van der Waals surface area contributed by atoms with Gasteiger partial charge in [0.1, 0.15) is 17.7 Å². The van der Waals surface area contributed by atoms with E-state index >= 15 is 8.78 Å². The average molecular weight is 551 g/mol. The molecular weight excluding hydrogens is 505 g/mol. The summed E-state index contributed by atoms with van der Waals surface area (Å²) in [6.07, 6.45) is 4.34. The lowest BCUT2D eigenvalue weighted by Crippen LogP contribution is -2.63. The van der Waals surface area contributed by atoms with Crippen molar-refractivity contribution in [2.75, 3.05) is 7.11 Å². The van der Waals surface area contributed by atoms with Gasteiger partial charge >= 0.3 is 0 Å². The number of aliphatic hydroxyl groups is 2. The fourth-order valence-corrected chi connectivity index (χ4v) is 9.90. The number of hydrogen-bond donors (Lipinski definition) is 2. The molecule has 218 valence electrons. The van der Waals surface area contributed by atoms with Gasteiger partial charge in [0, 0.05) is 29.9 Å². The Bertz CT molecular complexity index is 1080. The number of hydrogen-bond acceptors (Lipinski definition) is 4. The maximum atomic E-state index is 16.0. The number of Topliss-reactive ketones (excluding diaryl/α,β-unsaturated/α-hetero) is 1. The molecule has 4 aliphatic carbocycles. The first kappa shape index (κ1) is 28.9. The lowest BCUT2D eigenvalue weighted by Gasteiger charge is -2.62.